The molecule has 102 valence electrons. The van der Waals surface area contributed by atoms with E-state index < -0.39 is 6.04 Å². The van der Waals surface area contributed by atoms with Crippen LogP contribution in [0, 0.1) is 5.41 Å². The summed E-state index contributed by atoms with van der Waals surface area (Å²) >= 11 is 3.44. The van der Waals surface area contributed by atoms with Crippen molar-refractivity contribution in [2.24, 2.45) is 0 Å². The summed E-state index contributed by atoms with van der Waals surface area (Å²) in [5.41, 5.74) is 0.767. The second-order valence-electron chi connectivity index (χ2n) is 4.09. The molecule has 19 heavy (non-hydrogen) atoms. The van der Waals surface area contributed by atoms with Crippen molar-refractivity contribution in [1.82, 2.24) is 10.2 Å². The molecule has 1 aliphatic rings. The SMILES string of the molecule is COc1cc(Br)c(C2C(=N)NC(=O)N2C)cc1OC. The number of ether oxygens (including phenoxy) is 2. The molecule has 0 radical (unpaired) electrons. The Bertz CT molecular complexity index is 547. The van der Waals surface area contributed by atoms with E-state index >= 15 is 0 Å². The Morgan fingerprint density at radius 2 is 1.89 bits per heavy atom. The van der Waals surface area contributed by atoms with Crippen LogP contribution in [0.4, 0.5) is 4.79 Å². The molecule has 6 nitrogen and oxygen atoms in total. The molecule has 1 aliphatic heterocycles. The highest BCUT2D eigenvalue weighted by molar-refractivity contribution is 9.10. The number of hydrogen-bond donors (Lipinski definition) is 2. The lowest BCUT2D eigenvalue weighted by atomic mass is 10.1. The van der Waals surface area contributed by atoms with Crippen molar-refractivity contribution in [2.75, 3.05) is 21.3 Å². The van der Waals surface area contributed by atoms with Gasteiger partial charge in [-0.1, -0.05) is 15.9 Å². The second kappa shape index (κ2) is 5.08. The summed E-state index contributed by atoms with van der Waals surface area (Å²) in [5.74, 6) is 1.28. The summed E-state index contributed by atoms with van der Waals surface area (Å²) in [6.07, 6.45) is 0. The summed E-state index contributed by atoms with van der Waals surface area (Å²) in [6, 6.07) is 2.77. The fourth-order valence-electron chi connectivity index (χ4n) is 2.03. The highest BCUT2D eigenvalue weighted by atomic mass is 79.9. The third-order valence-electron chi connectivity index (χ3n) is 3.02. The number of benzene rings is 1. The average molecular weight is 328 g/mol. The number of rotatable bonds is 3. The number of carbonyl (C=O) groups is 1. The minimum absolute atomic E-state index is 0.139. The van der Waals surface area contributed by atoms with Gasteiger partial charge in [0.05, 0.1) is 14.2 Å². The molecule has 1 fully saturated rings. The fraction of sp³-hybridized carbons (Fsp3) is 0.333. The molecule has 0 saturated carbocycles. The molecule has 1 heterocycles. The molecule has 1 unspecified atom stereocenters. The summed E-state index contributed by atoms with van der Waals surface area (Å²) < 4.78 is 11.2. The molecule has 1 atom stereocenters. The fourth-order valence-corrected chi connectivity index (χ4v) is 2.57. The minimum Gasteiger partial charge on any atom is -0.493 e. The number of hydrogen-bond acceptors (Lipinski definition) is 4. The largest absolute Gasteiger partial charge is 0.493 e. The molecule has 1 saturated heterocycles. The number of likely N-dealkylation sites (N-methyl/N-ethyl adjacent to an activating group) is 1. The van der Waals surface area contributed by atoms with Gasteiger partial charge in [-0.15, -0.1) is 0 Å². The topological polar surface area (TPSA) is 74.7 Å². The zero-order valence-corrected chi connectivity index (χ0v) is 12.4. The van der Waals surface area contributed by atoms with E-state index in [4.69, 9.17) is 14.9 Å². The number of amidine groups is 1. The molecule has 0 aromatic heterocycles. The Morgan fingerprint density at radius 3 is 2.37 bits per heavy atom. The van der Waals surface area contributed by atoms with Gasteiger partial charge >= 0.3 is 6.03 Å². The molecular formula is C12H14BrN3O3. The van der Waals surface area contributed by atoms with Gasteiger partial charge in [-0.3, -0.25) is 10.7 Å². The van der Waals surface area contributed by atoms with Gasteiger partial charge in [-0.05, 0) is 12.1 Å². The maximum atomic E-state index is 11.6. The van der Waals surface area contributed by atoms with Crippen LogP contribution >= 0.6 is 15.9 Å². The van der Waals surface area contributed by atoms with Crippen LogP contribution < -0.4 is 14.8 Å². The summed E-state index contributed by atoms with van der Waals surface area (Å²) in [4.78, 5) is 13.0. The molecule has 1 aromatic carbocycles. The highest BCUT2D eigenvalue weighted by Crippen LogP contribution is 2.38. The second-order valence-corrected chi connectivity index (χ2v) is 4.94. The standard InChI is InChI=1S/C12H14BrN3O3/c1-16-10(11(14)15-12(16)17)6-4-8(18-2)9(19-3)5-7(6)13/h4-5,10H,1-3H3,(H2,14,15,17). The maximum absolute atomic E-state index is 11.6. The summed E-state index contributed by atoms with van der Waals surface area (Å²) in [5, 5.41) is 10.3. The van der Waals surface area contributed by atoms with Gasteiger partial charge in [-0.2, -0.15) is 0 Å². The smallest absolute Gasteiger partial charge is 0.323 e. The summed E-state index contributed by atoms with van der Waals surface area (Å²) in [7, 11) is 4.74. The number of amides is 2. The maximum Gasteiger partial charge on any atom is 0.323 e. The monoisotopic (exact) mass is 327 g/mol. The number of nitrogens with zero attached hydrogens (tertiary/aromatic N) is 1. The molecule has 7 heteroatoms. The zero-order valence-electron chi connectivity index (χ0n) is 10.8. The number of nitrogens with one attached hydrogen (secondary N) is 2. The van der Waals surface area contributed by atoms with Gasteiger partial charge in [0.25, 0.3) is 0 Å². The van der Waals surface area contributed by atoms with Gasteiger partial charge in [0.2, 0.25) is 0 Å². The number of halogens is 1. The third kappa shape index (κ3) is 2.25. The van der Waals surface area contributed by atoms with Crippen molar-refractivity contribution >= 4 is 27.8 Å². The average Bonchev–Trinajstić information content (AvgIpc) is 2.63. The van der Waals surface area contributed by atoms with Crippen molar-refractivity contribution < 1.29 is 14.3 Å². The Morgan fingerprint density at radius 1 is 1.32 bits per heavy atom. The van der Waals surface area contributed by atoms with Crippen LogP contribution in [0.5, 0.6) is 11.5 Å². The van der Waals surface area contributed by atoms with Crippen LogP contribution in [0.1, 0.15) is 11.6 Å². The van der Waals surface area contributed by atoms with Crippen molar-refractivity contribution in [3.8, 4) is 11.5 Å². The van der Waals surface area contributed by atoms with Crippen molar-refractivity contribution in [2.45, 2.75) is 6.04 Å². The molecule has 2 rings (SSSR count). The van der Waals surface area contributed by atoms with E-state index in [1.54, 1.807) is 33.4 Å². The zero-order chi connectivity index (χ0) is 14.2. The third-order valence-corrected chi connectivity index (χ3v) is 3.71. The lowest BCUT2D eigenvalue weighted by Crippen LogP contribution is -2.25. The minimum atomic E-state index is -0.457. The Hall–Kier alpha value is -1.76. The van der Waals surface area contributed by atoms with Gasteiger partial charge < -0.3 is 14.4 Å². The van der Waals surface area contributed by atoms with Crippen LogP contribution in [0.3, 0.4) is 0 Å². The van der Waals surface area contributed by atoms with Crippen LogP contribution in [0.15, 0.2) is 16.6 Å². The number of carbonyl (C=O) groups excluding carboxylic acids is 1. The van der Waals surface area contributed by atoms with E-state index in [9.17, 15) is 4.79 Å². The quantitative estimate of drug-likeness (QED) is 0.893. The normalized spacial score (nSPS) is 18.5. The lowest BCUT2D eigenvalue weighted by Gasteiger charge is -2.20. The Kier molecular flexibility index (Phi) is 3.66. The van der Waals surface area contributed by atoms with Crippen LogP contribution in [-0.4, -0.2) is 38.0 Å². The first kappa shape index (κ1) is 13.7. The first-order valence-corrected chi connectivity index (χ1v) is 6.32. The van der Waals surface area contributed by atoms with E-state index in [0.29, 0.717) is 11.5 Å². The van der Waals surface area contributed by atoms with E-state index in [-0.39, 0.29) is 11.9 Å². The first-order valence-electron chi connectivity index (χ1n) is 5.53. The molecule has 2 N–H and O–H groups in total. The lowest BCUT2D eigenvalue weighted by molar-refractivity contribution is 0.217. The molecule has 0 spiro atoms. The molecular weight excluding hydrogens is 314 g/mol. The van der Waals surface area contributed by atoms with E-state index in [1.807, 2.05) is 0 Å². The molecule has 0 bridgehead atoms. The van der Waals surface area contributed by atoms with Gasteiger partial charge in [0.1, 0.15) is 11.9 Å². The van der Waals surface area contributed by atoms with Crippen molar-refractivity contribution in [3.05, 3.63) is 22.2 Å². The van der Waals surface area contributed by atoms with Gasteiger partial charge in [0.15, 0.2) is 11.5 Å². The van der Waals surface area contributed by atoms with Crippen LogP contribution in [-0.2, 0) is 0 Å². The number of methoxy groups -OCH3 is 2. The summed E-state index contributed by atoms with van der Waals surface area (Å²) in [6.45, 7) is 0. The first-order chi connectivity index (χ1) is 8.99. The van der Waals surface area contributed by atoms with Crippen molar-refractivity contribution in [3.63, 3.8) is 0 Å². The van der Waals surface area contributed by atoms with Crippen LogP contribution in [0.2, 0.25) is 0 Å². The highest BCUT2D eigenvalue weighted by Gasteiger charge is 2.35. The molecule has 0 aliphatic carbocycles. The van der Waals surface area contributed by atoms with Crippen molar-refractivity contribution in [1.29, 1.82) is 5.41 Å². The molecule has 2 amide bonds. The number of urea groups is 1. The predicted octanol–water partition coefficient (Wildman–Crippen LogP) is 2.14. The Balaban J connectivity index is 2.51. The van der Waals surface area contributed by atoms with E-state index in [2.05, 4.69) is 21.2 Å². The van der Waals surface area contributed by atoms with E-state index in [0.717, 1.165) is 10.0 Å². The predicted molar refractivity (Wildman–Crippen MR) is 74.0 cm³/mol. The van der Waals surface area contributed by atoms with Crippen LogP contribution in [0.25, 0.3) is 0 Å². The molecule has 1 aromatic rings. The van der Waals surface area contributed by atoms with E-state index in [1.165, 1.54) is 4.90 Å². The van der Waals surface area contributed by atoms with Gasteiger partial charge in [0, 0.05) is 17.1 Å². The van der Waals surface area contributed by atoms with Gasteiger partial charge in [-0.25, -0.2) is 4.79 Å². The Labute approximate surface area is 119 Å².